The summed E-state index contributed by atoms with van der Waals surface area (Å²) in [4.78, 5) is 22.1. The molecule has 118 valence electrons. The number of halogens is 2. The van der Waals surface area contributed by atoms with Crippen molar-refractivity contribution in [2.45, 2.75) is 44.4 Å². The largest absolute Gasteiger partial charge is 0.465 e. The first-order valence-electron chi connectivity index (χ1n) is 7.07. The second kappa shape index (κ2) is 6.36. The molecule has 0 spiro atoms. The zero-order valence-corrected chi connectivity index (χ0v) is 11.6. The summed E-state index contributed by atoms with van der Waals surface area (Å²) in [6.07, 6.45) is 0.0172. The average molecular weight is 303 g/mol. The first-order valence-corrected chi connectivity index (χ1v) is 7.07. The molecular weight excluding hydrogens is 284 g/mol. The van der Waals surface area contributed by atoms with Crippen LogP contribution in [0.25, 0.3) is 0 Å². The fourth-order valence-corrected chi connectivity index (χ4v) is 2.65. The lowest BCUT2D eigenvalue weighted by atomic mass is 9.86. The Balaban J connectivity index is 1.79. The molecule has 1 saturated carbocycles. The van der Waals surface area contributed by atoms with Crippen LogP contribution in [0.15, 0.2) is 5.10 Å². The Morgan fingerprint density at radius 1 is 1.43 bits per heavy atom. The van der Waals surface area contributed by atoms with Gasteiger partial charge in [-0.25, -0.2) is 18.6 Å². The van der Waals surface area contributed by atoms with Gasteiger partial charge >= 0.3 is 6.09 Å². The van der Waals surface area contributed by atoms with Crippen molar-refractivity contribution in [1.82, 2.24) is 10.3 Å². The summed E-state index contributed by atoms with van der Waals surface area (Å²) in [7, 11) is 0. The van der Waals surface area contributed by atoms with Gasteiger partial charge in [0.1, 0.15) is 0 Å². The van der Waals surface area contributed by atoms with E-state index < -0.39 is 12.0 Å². The second-order valence-corrected chi connectivity index (χ2v) is 5.60. The SMILES string of the molecule is O=C(O)NCCC1=NN(CC2CCC(F)(F)CC2)C(=O)C1. The maximum atomic E-state index is 13.1. The van der Waals surface area contributed by atoms with E-state index >= 15 is 0 Å². The van der Waals surface area contributed by atoms with Gasteiger partial charge in [0.15, 0.2) is 0 Å². The van der Waals surface area contributed by atoms with E-state index in [-0.39, 0.29) is 37.6 Å². The minimum Gasteiger partial charge on any atom is -0.465 e. The zero-order valence-electron chi connectivity index (χ0n) is 11.6. The van der Waals surface area contributed by atoms with Crippen LogP contribution in [0.1, 0.15) is 38.5 Å². The number of hydrogen-bond donors (Lipinski definition) is 2. The van der Waals surface area contributed by atoms with Crippen LogP contribution < -0.4 is 5.32 Å². The fourth-order valence-electron chi connectivity index (χ4n) is 2.65. The molecule has 2 rings (SSSR count). The highest BCUT2D eigenvalue weighted by Gasteiger charge is 2.36. The second-order valence-electron chi connectivity index (χ2n) is 5.60. The minimum atomic E-state index is -2.57. The van der Waals surface area contributed by atoms with Gasteiger partial charge in [-0.05, 0) is 18.8 Å². The van der Waals surface area contributed by atoms with Crippen LogP contribution in [0, 0.1) is 5.92 Å². The molecule has 0 aromatic rings. The van der Waals surface area contributed by atoms with E-state index in [2.05, 4.69) is 10.4 Å². The smallest absolute Gasteiger partial charge is 0.404 e. The number of amides is 2. The molecule has 0 aromatic carbocycles. The molecule has 0 radical (unpaired) electrons. The molecule has 21 heavy (non-hydrogen) atoms. The van der Waals surface area contributed by atoms with E-state index in [4.69, 9.17) is 5.11 Å². The van der Waals surface area contributed by atoms with Crippen molar-refractivity contribution in [2.24, 2.45) is 11.0 Å². The van der Waals surface area contributed by atoms with Crippen molar-refractivity contribution in [3.05, 3.63) is 0 Å². The van der Waals surface area contributed by atoms with Gasteiger partial charge < -0.3 is 10.4 Å². The van der Waals surface area contributed by atoms with Crippen LogP contribution in [0.2, 0.25) is 0 Å². The molecule has 1 aliphatic heterocycles. The van der Waals surface area contributed by atoms with Gasteiger partial charge in [0.05, 0.1) is 6.42 Å². The molecule has 8 heteroatoms. The highest BCUT2D eigenvalue weighted by atomic mass is 19.3. The normalized spacial score (nSPS) is 22.3. The first-order chi connectivity index (χ1) is 9.85. The van der Waals surface area contributed by atoms with Crippen LogP contribution in [0.3, 0.4) is 0 Å². The van der Waals surface area contributed by atoms with Crippen molar-refractivity contribution in [3.8, 4) is 0 Å². The molecule has 2 aliphatic rings. The summed E-state index contributed by atoms with van der Waals surface area (Å²) in [5.41, 5.74) is 0.634. The number of rotatable bonds is 5. The summed E-state index contributed by atoms with van der Waals surface area (Å²) in [6, 6.07) is 0. The maximum Gasteiger partial charge on any atom is 0.404 e. The van der Waals surface area contributed by atoms with Gasteiger partial charge in [0.2, 0.25) is 11.8 Å². The molecule has 2 amide bonds. The van der Waals surface area contributed by atoms with Crippen molar-refractivity contribution >= 4 is 17.7 Å². The lowest BCUT2D eigenvalue weighted by molar-refractivity contribution is -0.129. The van der Waals surface area contributed by atoms with Crippen molar-refractivity contribution in [2.75, 3.05) is 13.1 Å². The Hall–Kier alpha value is -1.73. The third-order valence-electron chi connectivity index (χ3n) is 3.86. The summed E-state index contributed by atoms with van der Waals surface area (Å²) in [5.74, 6) is -2.64. The monoisotopic (exact) mass is 303 g/mol. The molecule has 0 bridgehead atoms. The van der Waals surface area contributed by atoms with Crippen LogP contribution in [0.5, 0.6) is 0 Å². The Bertz CT molecular complexity index is 444. The number of nitrogens with zero attached hydrogens (tertiary/aromatic N) is 2. The van der Waals surface area contributed by atoms with Gasteiger partial charge in [0, 0.05) is 38.1 Å². The predicted molar refractivity (Wildman–Crippen MR) is 71.3 cm³/mol. The van der Waals surface area contributed by atoms with Crippen LogP contribution in [0.4, 0.5) is 13.6 Å². The van der Waals surface area contributed by atoms with E-state index in [1.807, 2.05) is 0 Å². The average Bonchev–Trinajstić information content (AvgIpc) is 2.72. The lowest BCUT2D eigenvalue weighted by Crippen LogP contribution is -2.32. The summed E-state index contributed by atoms with van der Waals surface area (Å²) in [6.45, 7) is 0.593. The molecule has 0 aromatic heterocycles. The number of nitrogens with one attached hydrogen (secondary N) is 1. The maximum absolute atomic E-state index is 13.1. The molecule has 1 aliphatic carbocycles. The number of carboxylic acid groups (broad SMARTS) is 1. The fraction of sp³-hybridized carbons (Fsp3) is 0.769. The van der Waals surface area contributed by atoms with Crippen molar-refractivity contribution in [3.63, 3.8) is 0 Å². The van der Waals surface area contributed by atoms with E-state index in [0.29, 0.717) is 31.5 Å². The predicted octanol–water partition coefficient (Wildman–Crippen LogP) is 2.06. The van der Waals surface area contributed by atoms with Gasteiger partial charge in [-0.1, -0.05) is 0 Å². The van der Waals surface area contributed by atoms with Gasteiger partial charge in [0.25, 0.3) is 0 Å². The Kier molecular flexibility index (Phi) is 4.74. The van der Waals surface area contributed by atoms with E-state index in [0.717, 1.165) is 0 Å². The first kappa shape index (κ1) is 15.7. The van der Waals surface area contributed by atoms with Gasteiger partial charge in [-0.15, -0.1) is 0 Å². The molecule has 2 N–H and O–H groups in total. The van der Waals surface area contributed by atoms with Crippen molar-refractivity contribution in [1.29, 1.82) is 0 Å². The number of hydrazone groups is 1. The van der Waals surface area contributed by atoms with E-state index in [9.17, 15) is 18.4 Å². The molecule has 0 saturated heterocycles. The third-order valence-corrected chi connectivity index (χ3v) is 3.86. The molecule has 1 fully saturated rings. The van der Waals surface area contributed by atoms with Crippen LogP contribution in [-0.4, -0.2) is 46.8 Å². The number of hydrogen-bond acceptors (Lipinski definition) is 3. The zero-order chi connectivity index (χ0) is 15.5. The van der Waals surface area contributed by atoms with Crippen LogP contribution in [-0.2, 0) is 4.79 Å². The number of alkyl halides is 2. The molecular formula is C13H19F2N3O3. The minimum absolute atomic E-state index is 0.0637. The lowest BCUT2D eigenvalue weighted by Gasteiger charge is -2.29. The Morgan fingerprint density at radius 2 is 2.10 bits per heavy atom. The summed E-state index contributed by atoms with van der Waals surface area (Å²) >= 11 is 0. The molecule has 6 nitrogen and oxygen atoms in total. The standard InChI is InChI=1S/C13H19F2N3O3/c14-13(15)4-1-9(2-5-13)8-18-11(19)7-10(17-18)3-6-16-12(20)21/h9,16H,1-8H2,(H,20,21). The quantitative estimate of drug-likeness (QED) is 0.815. The highest BCUT2D eigenvalue weighted by Crippen LogP contribution is 2.36. The number of carbonyl (C=O) groups excluding carboxylic acids is 1. The summed E-state index contributed by atoms with van der Waals surface area (Å²) < 4.78 is 26.1. The van der Waals surface area contributed by atoms with Crippen LogP contribution >= 0.6 is 0 Å². The van der Waals surface area contributed by atoms with E-state index in [1.165, 1.54) is 5.01 Å². The summed E-state index contributed by atoms with van der Waals surface area (Å²) in [5, 5.41) is 16.2. The van der Waals surface area contributed by atoms with Crippen molar-refractivity contribution < 1.29 is 23.5 Å². The molecule has 0 atom stereocenters. The number of carbonyl (C=O) groups is 2. The highest BCUT2D eigenvalue weighted by molar-refractivity contribution is 6.05. The van der Waals surface area contributed by atoms with Gasteiger partial charge in [-0.2, -0.15) is 5.10 Å². The Labute approximate surface area is 121 Å². The molecule has 1 heterocycles. The third kappa shape index (κ3) is 4.64. The Morgan fingerprint density at radius 3 is 2.71 bits per heavy atom. The topological polar surface area (TPSA) is 82.0 Å². The van der Waals surface area contributed by atoms with Gasteiger partial charge in [-0.3, -0.25) is 4.79 Å². The van der Waals surface area contributed by atoms with E-state index in [1.54, 1.807) is 0 Å². The molecule has 0 unspecified atom stereocenters.